The van der Waals surface area contributed by atoms with Crippen molar-refractivity contribution in [1.82, 2.24) is 4.98 Å². The molecule has 2 aromatic rings. The van der Waals surface area contributed by atoms with Gasteiger partial charge in [-0.05, 0) is 41.4 Å². The number of thiophene rings is 1. The van der Waals surface area contributed by atoms with E-state index in [1.807, 2.05) is 23.8 Å². The van der Waals surface area contributed by atoms with E-state index in [4.69, 9.17) is 4.74 Å². The molecule has 118 valence electrons. The number of rotatable bonds is 2. The molecule has 0 amide bonds. The second kappa shape index (κ2) is 5.89. The number of morpholine rings is 1. The maximum Gasteiger partial charge on any atom is 0.419 e. The van der Waals surface area contributed by atoms with E-state index in [0.717, 1.165) is 11.6 Å². The fraction of sp³-hybridized carbons (Fsp3) is 0.400. The van der Waals surface area contributed by atoms with Gasteiger partial charge in [0.2, 0.25) is 0 Å². The first-order valence-electron chi connectivity index (χ1n) is 6.90. The summed E-state index contributed by atoms with van der Waals surface area (Å²) in [5.74, 6) is -0.0228. The Kier molecular flexibility index (Phi) is 4.10. The summed E-state index contributed by atoms with van der Waals surface area (Å²) in [7, 11) is 0. The fourth-order valence-electron chi connectivity index (χ4n) is 2.64. The largest absolute Gasteiger partial charge is 0.419 e. The van der Waals surface area contributed by atoms with E-state index in [1.165, 1.54) is 12.3 Å². The third kappa shape index (κ3) is 3.10. The zero-order chi connectivity index (χ0) is 15.7. The molecule has 3 nitrogen and oxygen atoms in total. The monoisotopic (exact) mass is 328 g/mol. The quantitative estimate of drug-likeness (QED) is 0.829. The van der Waals surface area contributed by atoms with Crippen molar-refractivity contribution in [2.45, 2.75) is 25.3 Å². The minimum absolute atomic E-state index is 0.0228. The van der Waals surface area contributed by atoms with Crippen molar-refractivity contribution in [1.29, 1.82) is 0 Å². The molecule has 3 rings (SSSR count). The van der Waals surface area contributed by atoms with Gasteiger partial charge in [-0.25, -0.2) is 4.98 Å². The van der Waals surface area contributed by atoms with Crippen LogP contribution in [-0.4, -0.2) is 24.2 Å². The molecule has 2 atom stereocenters. The van der Waals surface area contributed by atoms with E-state index in [9.17, 15) is 13.2 Å². The van der Waals surface area contributed by atoms with Gasteiger partial charge in [-0.2, -0.15) is 24.5 Å². The van der Waals surface area contributed by atoms with Crippen LogP contribution in [-0.2, 0) is 10.9 Å². The number of hydrogen-bond acceptors (Lipinski definition) is 4. The Balaban J connectivity index is 1.91. The number of alkyl halides is 3. The summed E-state index contributed by atoms with van der Waals surface area (Å²) < 4.78 is 45.4. The second-order valence-electron chi connectivity index (χ2n) is 5.27. The first-order valence-corrected chi connectivity index (χ1v) is 7.84. The zero-order valence-electron chi connectivity index (χ0n) is 11.9. The minimum atomic E-state index is -4.41. The summed E-state index contributed by atoms with van der Waals surface area (Å²) in [6, 6.07) is 4.32. The smallest absolute Gasteiger partial charge is 0.367 e. The molecule has 1 fully saturated rings. The Morgan fingerprint density at radius 3 is 2.82 bits per heavy atom. The van der Waals surface area contributed by atoms with E-state index < -0.39 is 11.7 Å². The van der Waals surface area contributed by atoms with Crippen molar-refractivity contribution in [3.8, 4) is 0 Å². The highest BCUT2D eigenvalue weighted by Gasteiger charge is 2.37. The van der Waals surface area contributed by atoms with Crippen LogP contribution in [0.5, 0.6) is 0 Å². The molecule has 0 aliphatic carbocycles. The van der Waals surface area contributed by atoms with Crippen molar-refractivity contribution in [2.24, 2.45) is 0 Å². The van der Waals surface area contributed by atoms with Gasteiger partial charge in [0.25, 0.3) is 0 Å². The average Bonchev–Trinajstić information content (AvgIpc) is 3.00. The number of aromatic nitrogens is 1. The van der Waals surface area contributed by atoms with Crippen molar-refractivity contribution in [3.05, 3.63) is 46.3 Å². The van der Waals surface area contributed by atoms with Gasteiger partial charge in [0.05, 0.1) is 11.7 Å². The molecule has 0 bridgehead atoms. The third-order valence-corrected chi connectivity index (χ3v) is 4.27. The summed E-state index contributed by atoms with van der Waals surface area (Å²) in [6.45, 7) is 2.61. The molecule has 1 saturated heterocycles. The van der Waals surface area contributed by atoms with Gasteiger partial charge in [-0.1, -0.05) is 0 Å². The molecular weight excluding hydrogens is 313 g/mol. The second-order valence-corrected chi connectivity index (χ2v) is 6.05. The molecule has 2 aromatic heterocycles. The standard InChI is InChI=1S/C15H15F3N2OS/c1-10-7-20(8-13(21-10)11-4-6-22-9-11)14-12(15(16,17)18)3-2-5-19-14/h2-6,9-10,13H,7-8H2,1H3. The first-order chi connectivity index (χ1) is 10.4. The van der Waals surface area contributed by atoms with E-state index in [2.05, 4.69) is 4.98 Å². The van der Waals surface area contributed by atoms with Crippen LogP contribution in [0.2, 0.25) is 0 Å². The minimum Gasteiger partial charge on any atom is -0.367 e. The van der Waals surface area contributed by atoms with Gasteiger partial charge in [0, 0.05) is 19.3 Å². The normalized spacial score (nSPS) is 22.8. The number of ether oxygens (including phenoxy) is 1. The van der Waals surface area contributed by atoms with Crippen LogP contribution in [0.25, 0.3) is 0 Å². The Bertz CT molecular complexity index is 630. The maximum absolute atomic E-state index is 13.2. The van der Waals surface area contributed by atoms with Gasteiger partial charge in [0.15, 0.2) is 0 Å². The van der Waals surface area contributed by atoms with Crippen LogP contribution >= 0.6 is 11.3 Å². The molecule has 0 aromatic carbocycles. The van der Waals surface area contributed by atoms with Crippen LogP contribution in [0.1, 0.15) is 24.2 Å². The highest BCUT2D eigenvalue weighted by Crippen LogP contribution is 2.37. The SMILES string of the molecule is CC1CN(c2ncccc2C(F)(F)F)CC(c2ccsc2)O1. The summed E-state index contributed by atoms with van der Waals surface area (Å²) in [6.07, 6.45) is -3.42. The number of anilines is 1. The van der Waals surface area contributed by atoms with Crippen molar-refractivity contribution < 1.29 is 17.9 Å². The van der Waals surface area contributed by atoms with Crippen LogP contribution in [0, 0.1) is 0 Å². The molecule has 0 radical (unpaired) electrons. The van der Waals surface area contributed by atoms with Crippen molar-refractivity contribution in [3.63, 3.8) is 0 Å². The topological polar surface area (TPSA) is 25.4 Å². The predicted molar refractivity (Wildman–Crippen MR) is 79.1 cm³/mol. The highest BCUT2D eigenvalue weighted by atomic mass is 32.1. The summed E-state index contributed by atoms with van der Waals surface area (Å²) >= 11 is 1.54. The molecule has 2 unspecified atom stereocenters. The molecule has 0 saturated carbocycles. The zero-order valence-corrected chi connectivity index (χ0v) is 12.7. The Morgan fingerprint density at radius 1 is 1.32 bits per heavy atom. The summed E-state index contributed by atoms with van der Waals surface area (Å²) in [5, 5.41) is 3.90. The molecular formula is C15H15F3N2OS. The van der Waals surface area contributed by atoms with Gasteiger partial charge >= 0.3 is 6.18 Å². The van der Waals surface area contributed by atoms with Crippen LogP contribution in [0.4, 0.5) is 19.0 Å². The van der Waals surface area contributed by atoms with Gasteiger partial charge in [-0.3, -0.25) is 0 Å². The van der Waals surface area contributed by atoms with Crippen LogP contribution in [0.15, 0.2) is 35.2 Å². The lowest BCUT2D eigenvalue weighted by Crippen LogP contribution is -2.44. The summed E-state index contributed by atoms with van der Waals surface area (Å²) in [4.78, 5) is 5.64. The fourth-order valence-corrected chi connectivity index (χ4v) is 3.34. The molecule has 0 N–H and O–H groups in total. The lowest BCUT2D eigenvalue weighted by molar-refractivity contribution is -0.137. The van der Waals surface area contributed by atoms with Crippen LogP contribution in [0.3, 0.4) is 0 Å². The van der Waals surface area contributed by atoms with Crippen LogP contribution < -0.4 is 4.90 Å². The maximum atomic E-state index is 13.2. The number of nitrogens with zero attached hydrogens (tertiary/aromatic N) is 2. The lowest BCUT2D eigenvalue weighted by atomic mass is 10.1. The van der Waals surface area contributed by atoms with Gasteiger partial charge in [0.1, 0.15) is 11.9 Å². The van der Waals surface area contributed by atoms with E-state index >= 15 is 0 Å². The van der Waals surface area contributed by atoms with Gasteiger partial charge in [-0.15, -0.1) is 0 Å². The number of pyridine rings is 1. The molecule has 22 heavy (non-hydrogen) atoms. The lowest BCUT2D eigenvalue weighted by Gasteiger charge is -2.38. The Hall–Kier alpha value is -1.60. The predicted octanol–water partition coefficient (Wildman–Crippen LogP) is 4.13. The number of halogens is 3. The number of hydrogen-bond donors (Lipinski definition) is 0. The van der Waals surface area contributed by atoms with E-state index in [1.54, 1.807) is 16.2 Å². The Morgan fingerprint density at radius 2 is 2.14 bits per heavy atom. The molecule has 1 aliphatic heterocycles. The molecule has 0 spiro atoms. The van der Waals surface area contributed by atoms with Crippen molar-refractivity contribution >= 4 is 17.2 Å². The van der Waals surface area contributed by atoms with Gasteiger partial charge < -0.3 is 9.64 Å². The summed E-state index contributed by atoms with van der Waals surface area (Å²) in [5.41, 5.74) is 0.291. The third-order valence-electron chi connectivity index (χ3n) is 3.57. The first kappa shape index (κ1) is 15.3. The molecule has 7 heteroatoms. The highest BCUT2D eigenvalue weighted by molar-refractivity contribution is 7.07. The average molecular weight is 328 g/mol. The van der Waals surface area contributed by atoms with E-state index in [0.29, 0.717) is 13.1 Å². The molecule has 3 heterocycles. The van der Waals surface area contributed by atoms with E-state index in [-0.39, 0.29) is 18.0 Å². The molecule has 1 aliphatic rings. The van der Waals surface area contributed by atoms with Crippen molar-refractivity contribution in [2.75, 3.05) is 18.0 Å². The Labute approximate surface area is 130 Å².